The van der Waals surface area contributed by atoms with Crippen molar-refractivity contribution in [3.05, 3.63) is 51.8 Å². The molecule has 0 aliphatic heterocycles. The van der Waals surface area contributed by atoms with Gasteiger partial charge in [0.2, 0.25) is 5.76 Å². The Morgan fingerprint density at radius 1 is 1.37 bits per heavy atom. The molecule has 19 heavy (non-hydrogen) atoms. The van der Waals surface area contributed by atoms with Crippen LogP contribution >= 0.6 is 11.8 Å². The molecule has 1 N–H and O–H groups in total. The van der Waals surface area contributed by atoms with Gasteiger partial charge in [-0.25, -0.2) is 4.79 Å². The molecule has 2 rings (SSSR count). The molecule has 0 aliphatic carbocycles. The fourth-order valence-corrected chi connectivity index (χ4v) is 2.30. The lowest BCUT2D eigenvalue weighted by Gasteiger charge is -2.02. The minimum atomic E-state index is -1.15. The predicted octanol–water partition coefficient (Wildman–Crippen LogP) is 3.35. The molecule has 0 saturated heterocycles. The first-order chi connectivity index (χ1) is 8.97. The van der Waals surface area contributed by atoms with E-state index in [9.17, 15) is 14.9 Å². The normalized spacial score (nSPS) is 10.4. The molecule has 0 bridgehead atoms. The summed E-state index contributed by atoms with van der Waals surface area (Å²) in [6.07, 6.45) is 0. The standard InChI is InChI=1S/C12H9NO5S/c1-7-2-3-8(13(16)17)6-10(7)19-11-5-4-9(18-11)12(14)15/h2-6H,1H3,(H,14,15). The summed E-state index contributed by atoms with van der Waals surface area (Å²) < 4.78 is 5.10. The van der Waals surface area contributed by atoms with Gasteiger partial charge in [0.05, 0.1) is 4.92 Å². The maximum absolute atomic E-state index is 10.7. The summed E-state index contributed by atoms with van der Waals surface area (Å²) in [5.41, 5.74) is 0.835. The van der Waals surface area contributed by atoms with E-state index in [0.717, 1.165) is 17.3 Å². The third kappa shape index (κ3) is 2.94. The number of rotatable bonds is 4. The van der Waals surface area contributed by atoms with Crippen LogP contribution in [-0.4, -0.2) is 16.0 Å². The van der Waals surface area contributed by atoms with Gasteiger partial charge < -0.3 is 9.52 Å². The average molecular weight is 279 g/mol. The Labute approximate surface area is 112 Å². The fraction of sp³-hybridized carbons (Fsp3) is 0.0833. The number of non-ortho nitro benzene ring substituents is 1. The van der Waals surface area contributed by atoms with Gasteiger partial charge >= 0.3 is 5.97 Å². The molecule has 0 amide bonds. The van der Waals surface area contributed by atoms with Crippen molar-refractivity contribution >= 4 is 23.4 Å². The number of hydrogen-bond donors (Lipinski definition) is 1. The van der Waals surface area contributed by atoms with Crippen LogP contribution < -0.4 is 0 Å². The van der Waals surface area contributed by atoms with E-state index in [1.54, 1.807) is 6.07 Å². The Hall–Kier alpha value is -2.28. The molecule has 0 fully saturated rings. The third-order valence-electron chi connectivity index (χ3n) is 2.39. The van der Waals surface area contributed by atoms with Crippen LogP contribution in [0.1, 0.15) is 16.1 Å². The number of benzene rings is 1. The van der Waals surface area contributed by atoms with Crippen molar-refractivity contribution in [2.24, 2.45) is 0 Å². The molecule has 0 aliphatic rings. The molecule has 0 spiro atoms. The number of aryl methyl sites for hydroxylation is 1. The first kappa shape index (κ1) is 13.2. The van der Waals surface area contributed by atoms with E-state index < -0.39 is 10.9 Å². The molecule has 7 heteroatoms. The largest absolute Gasteiger partial charge is 0.475 e. The minimum Gasteiger partial charge on any atom is -0.475 e. The highest BCUT2D eigenvalue weighted by Crippen LogP contribution is 2.33. The number of carbonyl (C=O) groups is 1. The molecule has 0 unspecified atom stereocenters. The number of nitro benzene ring substituents is 1. The number of carboxylic acid groups (broad SMARTS) is 1. The number of aromatic carboxylic acids is 1. The van der Waals surface area contributed by atoms with Crippen LogP contribution in [0.2, 0.25) is 0 Å². The molecule has 0 atom stereocenters. The van der Waals surface area contributed by atoms with Crippen molar-refractivity contribution in [1.82, 2.24) is 0 Å². The van der Waals surface area contributed by atoms with Gasteiger partial charge in [-0.1, -0.05) is 17.8 Å². The summed E-state index contributed by atoms with van der Waals surface area (Å²) in [6, 6.07) is 7.36. The van der Waals surface area contributed by atoms with E-state index >= 15 is 0 Å². The van der Waals surface area contributed by atoms with Gasteiger partial charge in [-0.2, -0.15) is 0 Å². The Morgan fingerprint density at radius 3 is 2.68 bits per heavy atom. The smallest absolute Gasteiger partial charge is 0.371 e. The molecule has 1 aromatic carbocycles. The maximum Gasteiger partial charge on any atom is 0.371 e. The monoisotopic (exact) mass is 279 g/mol. The van der Waals surface area contributed by atoms with Gasteiger partial charge in [0, 0.05) is 17.0 Å². The Bertz CT molecular complexity index is 649. The molecule has 6 nitrogen and oxygen atoms in total. The van der Waals surface area contributed by atoms with E-state index in [4.69, 9.17) is 9.52 Å². The first-order valence-corrected chi connectivity index (χ1v) is 6.05. The van der Waals surface area contributed by atoms with Crippen LogP contribution in [0.15, 0.2) is 44.7 Å². The van der Waals surface area contributed by atoms with Crippen molar-refractivity contribution in [2.45, 2.75) is 16.9 Å². The maximum atomic E-state index is 10.7. The second-order valence-corrected chi connectivity index (χ2v) is 4.78. The van der Waals surface area contributed by atoms with E-state index in [1.807, 2.05) is 6.92 Å². The highest BCUT2D eigenvalue weighted by molar-refractivity contribution is 7.99. The topological polar surface area (TPSA) is 93.6 Å². The highest BCUT2D eigenvalue weighted by atomic mass is 32.2. The molecule has 1 aromatic heterocycles. The summed E-state index contributed by atoms with van der Waals surface area (Å²) >= 11 is 1.15. The second-order valence-electron chi connectivity index (χ2n) is 3.73. The summed E-state index contributed by atoms with van der Waals surface area (Å²) in [7, 11) is 0. The van der Waals surface area contributed by atoms with Gasteiger partial charge in [0.15, 0.2) is 5.09 Å². The van der Waals surface area contributed by atoms with Crippen LogP contribution in [0.3, 0.4) is 0 Å². The Kier molecular flexibility index (Phi) is 3.57. The van der Waals surface area contributed by atoms with Gasteiger partial charge in [-0.3, -0.25) is 10.1 Å². The van der Waals surface area contributed by atoms with Crippen molar-refractivity contribution in [3.63, 3.8) is 0 Å². The predicted molar refractivity (Wildman–Crippen MR) is 67.6 cm³/mol. The van der Waals surface area contributed by atoms with Gasteiger partial charge in [-0.05, 0) is 24.6 Å². The Morgan fingerprint density at radius 2 is 2.11 bits per heavy atom. The fourth-order valence-electron chi connectivity index (χ4n) is 1.41. The number of hydrogen-bond acceptors (Lipinski definition) is 5. The van der Waals surface area contributed by atoms with Crippen LogP contribution in [0.4, 0.5) is 5.69 Å². The van der Waals surface area contributed by atoms with Crippen molar-refractivity contribution < 1.29 is 19.2 Å². The Balaban J connectivity index is 2.29. The quantitative estimate of drug-likeness (QED) is 0.681. The SMILES string of the molecule is Cc1ccc([N+](=O)[O-])cc1Sc1ccc(C(=O)O)o1. The summed E-state index contributed by atoms with van der Waals surface area (Å²) in [6.45, 7) is 1.81. The van der Waals surface area contributed by atoms with E-state index in [1.165, 1.54) is 24.3 Å². The highest BCUT2D eigenvalue weighted by Gasteiger charge is 2.13. The van der Waals surface area contributed by atoms with Crippen LogP contribution in [0.25, 0.3) is 0 Å². The minimum absolute atomic E-state index is 0.0156. The van der Waals surface area contributed by atoms with E-state index in [-0.39, 0.29) is 11.4 Å². The molecule has 1 heterocycles. The van der Waals surface area contributed by atoms with Gasteiger partial charge in [0.1, 0.15) is 0 Å². The van der Waals surface area contributed by atoms with Gasteiger partial charge in [0.25, 0.3) is 5.69 Å². The molecular formula is C12H9NO5S. The molecule has 0 saturated carbocycles. The summed E-state index contributed by atoms with van der Waals surface area (Å²) in [5, 5.41) is 19.8. The van der Waals surface area contributed by atoms with Gasteiger partial charge in [-0.15, -0.1) is 0 Å². The van der Waals surface area contributed by atoms with E-state index in [0.29, 0.717) is 9.99 Å². The number of furan rings is 1. The van der Waals surface area contributed by atoms with Crippen molar-refractivity contribution in [3.8, 4) is 0 Å². The number of carboxylic acids is 1. The zero-order valence-corrected chi connectivity index (χ0v) is 10.6. The summed E-state index contributed by atoms with van der Waals surface area (Å²) in [4.78, 5) is 21.6. The molecule has 98 valence electrons. The average Bonchev–Trinajstić information content (AvgIpc) is 2.80. The molecular weight excluding hydrogens is 270 g/mol. The van der Waals surface area contributed by atoms with Crippen molar-refractivity contribution in [2.75, 3.05) is 0 Å². The third-order valence-corrected chi connectivity index (χ3v) is 3.47. The lowest BCUT2D eigenvalue weighted by Crippen LogP contribution is -1.91. The summed E-state index contributed by atoms with van der Waals surface area (Å²) in [5.74, 6) is -1.31. The zero-order chi connectivity index (χ0) is 14.0. The van der Waals surface area contributed by atoms with Crippen LogP contribution in [0.5, 0.6) is 0 Å². The molecule has 2 aromatic rings. The second kappa shape index (κ2) is 5.15. The first-order valence-electron chi connectivity index (χ1n) is 5.23. The lowest BCUT2D eigenvalue weighted by atomic mass is 10.2. The number of nitrogens with zero attached hydrogens (tertiary/aromatic N) is 1. The lowest BCUT2D eigenvalue weighted by molar-refractivity contribution is -0.385. The zero-order valence-electron chi connectivity index (χ0n) is 9.82. The van der Waals surface area contributed by atoms with E-state index in [2.05, 4.69) is 0 Å². The van der Waals surface area contributed by atoms with Crippen LogP contribution in [-0.2, 0) is 0 Å². The molecule has 0 radical (unpaired) electrons. The van der Waals surface area contributed by atoms with Crippen LogP contribution in [0, 0.1) is 17.0 Å². The van der Waals surface area contributed by atoms with Crippen molar-refractivity contribution in [1.29, 1.82) is 0 Å². The number of nitro groups is 1.